The molecule has 1 aliphatic rings. The van der Waals surface area contributed by atoms with Crippen molar-refractivity contribution in [3.05, 3.63) is 29.8 Å². The lowest BCUT2D eigenvalue weighted by atomic mass is 9.78. The van der Waals surface area contributed by atoms with Gasteiger partial charge in [0.2, 0.25) is 0 Å². The molecule has 0 spiro atoms. The molecular formula is C15H23N. The second-order valence-electron chi connectivity index (χ2n) is 5.49. The van der Waals surface area contributed by atoms with Crippen LogP contribution in [0.1, 0.15) is 38.7 Å². The second-order valence-corrected chi connectivity index (χ2v) is 5.49. The fourth-order valence-electron chi connectivity index (χ4n) is 2.41. The first-order valence-electron chi connectivity index (χ1n) is 6.45. The lowest BCUT2D eigenvalue weighted by Crippen LogP contribution is -2.38. The monoisotopic (exact) mass is 217 g/mol. The SMILES string of the molecule is CCC1(C)CCN(c2ccc(C)cc2)CC1. The minimum atomic E-state index is 0.585. The first-order valence-corrected chi connectivity index (χ1v) is 6.45. The van der Waals surface area contributed by atoms with Crippen molar-refractivity contribution in [2.45, 2.75) is 40.0 Å². The van der Waals surface area contributed by atoms with Crippen LogP contribution in [0.5, 0.6) is 0 Å². The molecule has 1 nitrogen and oxygen atoms in total. The van der Waals surface area contributed by atoms with Crippen molar-refractivity contribution in [2.75, 3.05) is 18.0 Å². The Balaban J connectivity index is 2.01. The van der Waals surface area contributed by atoms with Gasteiger partial charge in [-0.3, -0.25) is 0 Å². The van der Waals surface area contributed by atoms with Gasteiger partial charge < -0.3 is 4.90 Å². The Hall–Kier alpha value is -0.980. The maximum atomic E-state index is 2.52. The van der Waals surface area contributed by atoms with Crippen molar-refractivity contribution in [1.82, 2.24) is 0 Å². The van der Waals surface area contributed by atoms with E-state index in [-0.39, 0.29) is 0 Å². The summed E-state index contributed by atoms with van der Waals surface area (Å²) in [5.74, 6) is 0. The van der Waals surface area contributed by atoms with Gasteiger partial charge in [-0.25, -0.2) is 0 Å². The Morgan fingerprint density at radius 1 is 1.12 bits per heavy atom. The molecule has 0 saturated carbocycles. The Morgan fingerprint density at radius 2 is 1.69 bits per heavy atom. The van der Waals surface area contributed by atoms with E-state index in [0.29, 0.717) is 5.41 Å². The first-order chi connectivity index (χ1) is 7.63. The van der Waals surface area contributed by atoms with Crippen LogP contribution >= 0.6 is 0 Å². The standard InChI is InChI=1S/C15H23N/c1-4-15(3)9-11-16(12-10-15)14-7-5-13(2)6-8-14/h5-8H,4,9-12H2,1-3H3. The van der Waals surface area contributed by atoms with E-state index in [4.69, 9.17) is 0 Å². The van der Waals surface area contributed by atoms with E-state index in [9.17, 15) is 0 Å². The predicted molar refractivity (Wildman–Crippen MR) is 71.0 cm³/mol. The van der Waals surface area contributed by atoms with Crippen LogP contribution < -0.4 is 4.90 Å². The van der Waals surface area contributed by atoms with Gasteiger partial charge in [-0.2, -0.15) is 0 Å². The topological polar surface area (TPSA) is 3.24 Å². The van der Waals surface area contributed by atoms with Crippen LogP contribution in [-0.4, -0.2) is 13.1 Å². The highest BCUT2D eigenvalue weighted by atomic mass is 15.1. The number of aryl methyl sites for hydroxylation is 1. The molecule has 1 heterocycles. The van der Waals surface area contributed by atoms with Gasteiger partial charge >= 0.3 is 0 Å². The molecule has 16 heavy (non-hydrogen) atoms. The molecule has 0 aliphatic carbocycles. The van der Waals surface area contributed by atoms with Crippen molar-refractivity contribution in [2.24, 2.45) is 5.41 Å². The number of hydrogen-bond donors (Lipinski definition) is 0. The van der Waals surface area contributed by atoms with Crippen molar-refractivity contribution >= 4 is 5.69 Å². The quantitative estimate of drug-likeness (QED) is 0.723. The van der Waals surface area contributed by atoms with Gasteiger partial charge in [0.1, 0.15) is 0 Å². The summed E-state index contributed by atoms with van der Waals surface area (Å²) in [4.78, 5) is 2.52. The fourth-order valence-corrected chi connectivity index (χ4v) is 2.41. The Labute approximate surface area is 99.5 Å². The highest BCUT2D eigenvalue weighted by Crippen LogP contribution is 2.35. The lowest BCUT2D eigenvalue weighted by Gasteiger charge is -2.40. The molecule has 1 aromatic carbocycles. The Bertz CT molecular complexity index is 331. The molecule has 0 amide bonds. The summed E-state index contributed by atoms with van der Waals surface area (Å²) >= 11 is 0. The van der Waals surface area contributed by atoms with Crippen LogP contribution in [0.25, 0.3) is 0 Å². The second kappa shape index (κ2) is 4.48. The molecule has 0 unspecified atom stereocenters. The van der Waals surface area contributed by atoms with Crippen LogP contribution in [0, 0.1) is 12.3 Å². The van der Waals surface area contributed by atoms with Crippen LogP contribution in [0.3, 0.4) is 0 Å². The average Bonchev–Trinajstić information content (AvgIpc) is 2.32. The third-order valence-corrected chi connectivity index (χ3v) is 4.22. The summed E-state index contributed by atoms with van der Waals surface area (Å²) in [6, 6.07) is 8.93. The third-order valence-electron chi connectivity index (χ3n) is 4.22. The van der Waals surface area contributed by atoms with Crippen molar-refractivity contribution in [3.63, 3.8) is 0 Å². The van der Waals surface area contributed by atoms with Gasteiger partial charge in [0.25, 0.3) is 0 Å². The zero-order chi connectivity index (χ0) is 11.6. The largest absolute Gasteiger partial charge is 0.371 e. The maximum absolute atomic E-state index is 2.52. The van der Waals surface area contributed by atoms with Gasteiger partial charge in [0, 0.05) is 18.8 Å². The van der Waals surface area contributed by atoms with Crippen LogP contribution in [0.4, 0.5) is 5.69 Å². The summed E-state index contributed by atoms with van der Waals surface area (Å²) in [6.45, 7) is 9.33. The van der Waals surface area contributed by atoms with E-state index < -0.39 is 0 Å². The average molecular weight is 217 g/mol. The van der Waals surface area contributed by atoms with Crippen molar-refractivity contribution in [1.29, 1.82) is 0 Å². The smallest absolute Gasteiger partial charge is 0.0366 e. The van der Waals surface area contributed by atoms with Crippen LogP contribution in [-0.2, 0) is 0 Å². The molecule has 0 radical (unpaired) electrons. The third kappa shape index (κ3) is 2.40. The Morgan fingerprint density at radius 3 is 2.19 bits per heavy atom. The molecule has 0 aromatic heterocycles. The number of piperidine rings is 1. The summed E-state index contributed by atoms with van der Waals surface area (Å²) in [6.07, 6.45) is 3.98. The lowest BCUT2D eigenvalue weighted by molar-refractivity contribution is 0.238. The van der Waals surface area contributed by atoms with Crippen molar-refractivity contribution < 1.29 is 0 Å². The van der Waals surface area contributed by atoms with E-state index >= 15 is 0 Å². The van der Waals surface area contributed by atoms with Crippen molar-refractivity contribution in [3.8, 4) is 0 Å². The van der Waals surface area contributed by atoms with Gasteiger partial charge in [0.15, 0.2) is 0 Å². The molecule has 1 heteroatoms. The van der Waals surface area contributed by atoms with E-state index in [2.05, 4.69) is 49.9 Å². The molecule has 0 atom stereocenters. The number of rotatable bonds is 2. The summed E-state index contributed by atoms with van der Waals surface area (Å²) in [5, 5.41) is 0. The summed E-state index contributed by atoms with van der Waals surface area (Å²) in [7, 11) is 0. The molecule has 88 valence electrons. The van der Waals surface area contributed by atoms with Crippen LogP contribution in [0.2, 0.25) is 0 Å². The molecular weight excluding hydrogens is 194 g/mol. The van der Waals surface area contributed by atoms with Gasteiger partial charge in [-0.1, -0.05) is 38.0 Å². The predicted octanol–water partition coefficient (Wildman–Crippen LogP) is 4.01. The molecule has 2 rings (SSSR count). The zero-order valence-corrected chi connectivity index (χ0v) is 10.8. The van der Waals surface area contributed by atoms with Crippen LogP contribution in [0.15, 0.2) is 24.3 Å². The van der Waals surface area contributed by atoms with E-state index in [0.717, 1.165) is 0 Å². The normalized spacial score (nSPS) is 19.8. The molecule has 1 aromatic rings. The molecule has 0 bridgehead atoms. The molecule has 1 saturated heterocycles. The number of hydrogen-bond acceptors (Lipinski definition) is 1. The fraction of sp³-hybridized carbons (Fsp3) is 0.600. The summed E-state index contributed by atoms with van der Waals surface area (Å²) < 4.78 is 0. The molecule has 1 aliphatic heterocycles. The minimum Gasteiger partial charge on any atom is -0.371 e. The van der Waals surface area contributed by atoms with E-state index in [1.807, 2.05) is 0 Å². The maximum Gasteiger partial charge on any atom is 0.0366 e. The number of nitrogens with zero attached hydrogens (tertiary/aromatic N) is 1. The molecule has 1 fully saturated rings. The van der Waals surface area contributed by atoms with Gasteiger partial charge in [0.05, 0.1) is 0 Å². The van der Waals surface area contributed by atoms with E-state index in [1.54, 1.807) is 0 Å². The zero-order valence-electron chi connectivity index (χ0n) is 10.8. The highest BCUT2D eigenvalue weighted by Gasteiger charge is 2.28. The summed E-state index contributed by atoms with van der Waals surface area (Å²) in [5.41, 5.74) is 3.32. The van der Waals surface area contributed by atoms with E-state index in [1.165, 1.54) is 43.6 Å². The first kappa shape index (κ1) is 11.5. The van der Waals surface area contributed by atoms with Gasteiger partial charge in [-0.05, 0) is 37.3 Å². The highest BCUT2D eigenvalue weighted by molar-refractivity contribution is 5.47. The Kier molecular flexibility index (Phi) is 3.22. The molecule has 0 N–H and O–H groups in total. The number of anilines is 1. The minimum absolute atomic E-state index is 0.585. The van der Waals surface area contributed by atoms with Gasteiger partial charge in [-0.15, -0.1) is 0 Å². The number of benzene rings is 1.